The predicted octanol–water partition coefficient (Wildman–Crippen LogP) is 9.99. The second kappa shape index (κ2) is 15.5. The van der Waals surface area contributed by atoms with E-state index in [2.05, 4.69) is 134 Å². The van der Waals surface area contributed by atoms with Gasteiger partial charge >= 0.3 is 0 Å². The summed E-state index contributed by atoms with van der Waals surface area (Å²) < 4.78 is 0. The molecule has 0 unspecified atom stereocenters. The van der Waals surface area contributed by atoms with Crippen LogP contribution in [0.1, 0.15) is 152 Å². The lowest BCUT2D eigenvalue weighted by Crippen LogP contribution is -1.98. The lowest BCUT2D eigenvalue weighted by Gasteiger charge is -2.09. The number of aromatic nitrogens is 3. The monoisotopic (exact) mass is 489 g/mol. The third kappa shape index (κ3) is 11.0. The molecular weight excluding hydrogens is 438 g/mol. The van der Waals surface area contributed by atoms with Gasteiger partial charge in [-0.05, 0) is 76.5 Å². The SMILES string of the molecule is CC(C)c1cccc(C(C)C)n1.CC(C)c1ccnc(C(C)C)c1.CC(C)c1cncc(C(C)C)c1. The van der Waals surface area contributed by atoms with E-state index in [0.717, 1.165) is 0 Å². The van der Waals surface area contributed by atoms with E-state index in [1.54, 1.807) is 0 Å². The minimum absolute atomic E-state index is 0.531. The first kappa shape index (κ1) is 31.5. The van der Waals surface area contributed by atoms with E-state index in [9.17, 15) is 0 Å². The van der Waals surface area contributed by atoms with Crippen LogP contribution >= 0.6 is 0 Å². The van der Waals surface area contributed by atoms with Crippen LogP contribution in [0.15, 0.2) is 55.0 Å². The third-order valence-corrected chi connectivity index (χ3v) is 6.15. The molecule has 0 atom stereocenters. The van der Waals surface area contributed by atoms with Gasteiger partial charge in [0.05, 0.1) is 0 Å². The van der Waals surface area contributed by atoms with E-state index < -0.39 is 0 Å². The summed E-state index contributed by atoms with van der Waals surface area (Å²) in [5.74, 6) is 3.36. The van der Waals surface area contributed by atoms with Gasteiger partial charge in [-0.25, -0.2) is 0 Å². The summed E-state index contributed by atoms with van der Waals surface area (Å²) in [6.07, 6.45) is 5.82. The summed E-state index contributed by atoms with van der Waals surface area (Å²) in [5.41, 5.74) is 7.64. The Morgan fingerprint density at radius 2 is 0.917 bits per heavy atom. The zero-order chi connectivity index (χ0) is 27.4. The summed E-state index contributed by atoms with van der Waals surface area (Å²) in [6, 6.07) is 12.8. The van der Waals surface area contributed by atoms with Crippen LogP contribution in [0.5, 0.6) is 0 Å². The maximum Gasteiger partial charge on any atom is 0.0432 e. The molecule has 198 valence electrons. The van der Waals surface area contributed by atoms with Gasteiger partial charge in [-0.2, -0.15) is 0 Å². The Morgan fingerprint density at radius 3 is 1.31 bits per heavy atom. The van der Waals surface area contributed by atoms with Crippen molar-refractivity contribution < 1.29 is 0 Å². The molecule has 0 amide bonds. The average Bonchev–Trinajstić information content (AvgIpc) is 2.85. The van der Waals surface area contributed by atoms with Crippen LogP contribution in [0, 0.1) is 0 Å². The highest BCUT2D eigenvalue weighted by Crippen LogP contribution is 2.20. The first-order valence-corrected chi connectivity index (χ1v) is 13.7. The van der Waals surface area contributed by atoms with Crippen molar-refractivity contribution in [3.63, 3.8) is 0 Å². The summed E-state index contributed by atoms with van der Waals surface area (Å²) >= 11 is 0. The molecule has 0 saturated heterocycles. The van der Waals surface area contributed by atoms with E-state index in [1.165, 1.54) is 33.8 Å². The van der Waals surface area contributed by atoms with Gasteiger partial charge in [-0.15, -0.1) is 0 Å². The van der Waals surface area contributed by atoms with Crippen LogP contribution in [-0.4, -0.2) is 15.0 Å². The number of hydrogen-bond donors (Lipinski definition) is 0. The topological polar surface area (TPSA) is 38.7 Å². The van der Waals surface area contributed by atoms with E-state index in [-0.39, 0.29) is 0 Å². The Bertz CT molecular complexity index is 815. The van der Waals surface area contributed by atoms with Crippen molar-refractivity contribution in [2.75, 3.05) is 0 Å². The highest BCUT2D eigenvalue weighted by molar-refractivity contribution is 5.23. The molecule has 3 aromatic rings. The van der Waals surface area contributed by atoms with Crippen LogP contribution in [0.4, 0.5) is 0 Å². The number of pyridine rings is 3. The molecule has 0 bridgehead atoms. The Kier molecular flexibility index (Phi) is 13.6. The van der Waals surface area contributed by atoms with Crippen molar-refractivity contribution in [1.29, 1.82) is 0 Å². The molecule has 0 N–H and O–H groups in total. The van der Waals surface area contributed by atoms with Crippen molar-refractivity contribution in [2.24, 2.45) is 0 Å². The summed E-state index contributed by atoms with van der Waals surface area (Å²) in [6.45, 7) is 26.2. The molecule has 3 heterocycles. The zero-order valence-corrected chi connectivity index (χ0v) is 25.0. The first-order chi connectivity index (χ1) is 16.8. The minimum Gasteiger partial charge on any atom is -0.264 e. The smallest absolute Gasteiger partial charge is 0.0432 e. The van der Waals surface area contributed by atoms with Gasteiger partial charge in [0, 0.05) is 35.7 Å². The van der Waals surface area contributed by atoms with Crippen molar-refractivity contribution in [3.05, 3.63) is 88.8 Å². The van der Waals surface area contributed by atoms with Crippen molar-refractivity contribution >= 4 is 0 Å². The molecule has 0 aliphatic heterocycles. The standard InChI is InChI=1S/3C11H17N/c1-8(2)10-5-11(9(3)4)7-12-6-10;1-8(2)10-5-6-12-11(7-10)9(3)4;1-8(2)10-6-5-7-11(12-10)9(3)4/h3*5-9H,1-4H3. The largest absolute Gasteiger partial charge is 0.264 e. The molecule has 3 heteroatoms. The molecule has 3 nitrogen and oxygen atoms in total. The van der Waals surface area contributed by atoms with Crippen LogP contribution in [0.3, 0.4) is 0 Å². The molecule has 0 aromatic carbocycles. The molecule has 0 aliphatic carbocycles. The van der Waals surface area contributed by atoms with Gasteiger partial charge in [0.25, 0.3) is 0 Å². The van der Waals surface area contributed by atoms with Gasteiger partial charge in [-0.3, -0.25) is 15.0 Å². The van der Waals surface area contributed by atoms with Gasteiger partial charge in [0.15, 0.2) is 0 Å². The summed E-state index contributed by atoms with van der Waals surface area (Å²) in [4.78, 5) is 13.1. The van der Waals surface area contributed by atoms with Gasteiger partial charge < -0.3 is 0 Å². The van der Waals surface area contributed by atoms with Crippen LogP contribution in [0.2, 0.25) is 0 Å². The van der Waals surface area contributed by atoms with Crippen molar-refractivity contribution in [2.45, 2.75) is 119 Å². The fourth-order valence-electron chi connectivity index (χ4n) is 3.36. The average molecular weight is 490 g/mol. The summed E-state index contributed by atoms with van der Waals surface area (Å²) in [7, 11) is 0. The third-order valence-electron chi connectivity index (χ3n) is 6.15. The Morgan fingerprint density at radius 1 is 0.472 bits per heavy atom. The number of hydrogen-bond acceptors (Lipinski definition) is 3. The molecule has 0 saturated carbocycles. The van der Waals surface area contributed by atoms with Crippen molar-refractivity contribution in [3.8, 4) is 0 Å². The lowest BCUT2D eigenvalue weighted by atomic mass is 9.99. The predicted molar refractivity (Wildman–Crippen MR) is 157 cm³/mol. The highest BCUT2D eigenvalue weighted by Gasteiger charge is 2.05. The molecule has 36 heavy (non-hydrogen) atoms. The van der Waals surface area contributed by atoms with Crippen LogP contribution in [-0.2, 0) is 0 Å². The Balaban J connectivity index is 0.000000270. The number of nitrogens with zero attached hydrogens (tertiary/aromatic N) is 3. The van der Waals surface area contributed by atoms with E-state index in [4.69, 9.17) is 0 Å². The first-order valence-electron chi connectivity index (χ1n) is 13.7. The summed E-state index contributed by atoms with van der Waals surface area (Å²) in [5, 5.41) is 0. The van der Waals surface area contributed by atoms with Crippen LogP contribution < -0.4 is 0 Å². The zero-order valence-electron chi connectivity index (χ0n) is 25.0. The molecular formula is C33H51N3. The van der Waals surface area contributed by atoms with E-state index in [0.29, 0.717) is 35.5 Å². The number of rotatable bonds is 6. The van der Waals surface area contributed by atoms with E-state index in [1.807, 2.05) is 18.6 Å². The molecule has 3 aromatic heterocycles. The van der Waals surface area contributed by atoms with Gasteiger partial charge in [0.1, 0.15) is 0 Å². The highest BCUT2D eigenvalue weighted by atomic mass is 14.7. The second-order valence-electron chi connectivity index (χ2n) is 11.5. The van der Waals surface area contributed by atoms with Crippen LogP contribution in [0.25, 0.3) is 0 Å². The lowest BCUT2D eigenvalue weighted by molar-refractivity contribution is 0.765. The van der Waals surface area contributed by atoms with E-state index >= 15 is 0 Å². The Hall–Kier alpha value is -2.55. The van der Waals surface area contributed by atoms with Gasteiger partial charge in [-0.1, -0.05) is 95.2 Å². The minimum atomic E-state index is 0.531. The molecule has 3 rings (SSSR count). The molecule has 0 fully saturated rings. The maximum absolute atomic E-state index is 4.57. The fraction of sp³-hybridized carbons (Fsp3) is 0.545. The molecule has 0 radical (unpaired) electrons. The van der Waals surface area contributed by atoms with Crippen molar-refractivity contribution in [1.82, 2.24) is 15.0 Å². The van der Waals surface area contributed by atoms with Gasteiger partial charge in [0.2, 0.25) is 0 Å². The molecule has 0 aliphatic rings. The Labute approximate surface area is 222 Å². The second-order valence-corrected chi connectivity index (χ2v) is 11.5. The normalized spacial score (nSPS) is 11.2. The fourth-order valence-corrected chi connectivity index (χ4v) is 3.36. The molecule has 0 spiro atoms. The quantitative estimate of drug-likeness (QED) is 0.346. The maximum atomic E-state index is 4.57.